The molecule has 0 spiro atoms. The predicted molar refractivity (Wildman–Crippen MR) is 99.1 cm³/mol. The van der Waals surface area contributed by atoms with E-state index in [2.05, 4.69) is 10.9 Å². The van der Waals surface area contributed by atoms with Gasteiger partial charge >= 0.3 is 0 Å². The molecule has 1 saturated heterocycles. The normalized spacial score (nSPS) is 15.7. The van der Waals surface area contributed by atoms with Gasteiger partial charge in [-0.15, -0.1) is 6.42 Å². The van der Waals surface area contributed by atoms with E-state index in [1.54, 1.807) is 38.2 Å². The Hall–Kier alpha value is -3.24. The van der Waals surface area contributed by atoms with Crippen molar-refractivity contribution in [2.75, 3.05) is 13.6 Å². The summed E-state index contributed by atoms with van der Waals surface area (Å²) in [6.07, 6.45) is 5.17. The Morgan fingerprint density at radius 3 is 2.63 bits per heavy atom. The summed E-state index contributed by atoms with van der Waals surface area (Å²) in [6, 6.07) is 8.07. The van der Waals surface area contributed by atoms with Gasteiger partial charge < -0.3 is 15.7 Å². The maximum atomic E-state index is 14.1. The zero-order chi connectivity index (χ0) is 20.1. The van der Waals surface area contributed by atoms with Crippen molar-refractivity contribution >= 4 is 11.8 Å². The van der Waals surface area contributed by atoms with E-state index >= 15 is 0 Å². The lowest BCUT2D eigenvalue weighted by atomic mass is 10.0. The van der Waals surface area contributed by atoms with Crippen LogP contribution in [-0.4, -0.2) is 46.5 Å². The molecule has 0 radical (unpaired) electrons. The number of terminal acetylenes is 1. The van der Waals surface area contributed by atoms with Crippen LogP contribution in [-0.2, 0) is 4.79 Å². The third-order valence-electron chi connectivity index (χ3n) is 4.09. The number of nitrogens with zero attached hydrogens (tertiary/aromatic N) is 2. The summed E-state index contributed by atoms with van der Waals surface area (Å²) < 4.78 is 14.1. The number of benzene rings is 1. The van der Waals surface area contributed by atoms with Crippen LogP contribution in [0.2, 0.25) is 0 Å². The quantitative estimate of drug-likeness (QED) is 0.784. The van der Waals surface area contributed by atoms with Crippen LogP contribution < -0.4 is 5.73 Å². The largest absolute Gasteiger partial charge is 0.383 e. The first-order valence-electron chi connectivity index (χ1n) is 8.21. The minimum absolute atomic E-state index is 0.0278. The molecule has 0 unspecified atom stereocenters. The molecule has 0 saturated carbocycles. The number of aryl methyl sites for hydroxylation is 1. The van der Waals surface area contributed by atoms with E-state index in [0.29, 0.717) is 29.7 Å². The molecule has 1 aliphatic rings. The zero-order valence-corrected chi connectivity index (χ0v) is 15.1. The van der Waals surface area contributed by atoms with E-state index in [1.165, 1.54) is 11.0 Å². The third kappa shape index (κ3) is 4.68. The molecule has 2 amide bonds. The number of aliphatic hydroxyl groups is 1. The van der Waals surface area contributed by atoms with Crippen LogP contribution >= 0.6 is 0 Å². The van der Waals surface area contributed by atoms with Gasteiger partial charge in [-0.05, 0) is 37.1 Å². The minimum Gasteiger partial charge on any atom is -0.383 e. The Morgan fingerprint density at radius 2 is 2.15 bits per heavy atom. The number of primary amides is 1. The Morgan fingerprint density at radius 1 is 1.44 bits per heavy atom. The first-order chi connectivity index (χ1) is 12.7. The summed E-state index contributed by atoms with van der Waals surface area (Å²) in [5.41, 5.74) is 6.72. The number of likely N-dealkylation sites (tertiary alicyclic amines) is 1. The summed E-state index contributed by atoms with van der Waals surface area (Å²) >= 11 is 0. The van der Waals surface area contributed by atoms with Crippen LogP contribution in [0.5, 0.6) is 0 Å². The van der Waals surface area contributed by atoms with Gasteiger partial charge in [-0.3, -0.25) is 9.59 Å². The lowest BCUT2D eigenvalue weighted by Crippen LogP contribution is -2.24. The highest BCUT2D eigenvalue weighted by molar-refractivity contribution is 5.91. The Labute approximate surface area is 156 Å². The smallest absolute Gasteiger partial charge is 0.267 e. The maximum Gasteiger partial charge on any atom is 0.267 e. The fourth-order valence-electron chi connectivity index (χ4n) is 2.53. The summed E-state index contributed by atoms with van der Waals surface area (Å²) in [5, 5.41) is 8.78. The molecule has 3 rings (SSSR count). The number of likely N-dealkylation sites (N-methyl/N-ethyl adjacent to an activating group) is 1. The SMILES string of the molecule is C#Cc1cccc(-c2nc(C(N)=O)cc(C)c2F)c1.CN1CC[C@H](O)C1=O. The van der Waals surface area contributed by atoms with Crippen LogP contribution in [0.1, 0.15) is 28.0 Å². The molecule has 0 aliphatic carbocycles. The summed E-state index contributed by atoms with van der Waals surface area (Å²) in [6.45, 7) is 2.25. The molecule has 2 aromatic rings. The molecule has 7 heteroatoms. The number of carbonyl (C=O) groups is 2. The molecular weight excluding hydrogens is 349 g/mol. The summed E-state index contributed by atoms with van der Waals surface area (Å²) in [5.74, 6) is 1.13. The van der Waals surface area contributed by atoms with E-state index in [4.69, 9.17) is 17.3 Å². The number of carbonyl (C=O) groups excluding carboxylic acids is 2. The van der Waals surface area contributed by atoms with Crippen LogP contribution in [0.25, 0.3) is 11.3 Å². The second-order valence-corrected chi connectivity index (χ2v) is 6.14. The molecule has 1 aliphatic heterocycles. The first kappa shape index (κ1) is 20.1. The van der Waals surface area contributed by atoms with Crippen molar-refractivity contribution < 1.29 is 19.1 Å². The van der Waals surface area contributed by atoms with Gasteiger partial charge in [-0.25, -0.2) is 9.37 Å². The standard InChI is InChI=1S/C15H11FN2O.C5H9NO2/c1-3-10-5-4-6-11(8-10)14-13(16)9(2)7-12(18-14)15(17)19;1-6-3-2-4(7)5(6)8/h1,4-8H,2H3,(H2,17,19);4,7H,2-3H2,1H3/t;4-/m.0/s1. The summed E-state index contributed by atoms with van der Waals surface area (Å²) in [4.78, 5) is 27.2. The zero-order valence-electron chi connectivity index (χ0n) is 15.1. The molecule has 1 aromatic carbocycles. The molecule has 1 fully saturated rings. The van der Waals surface area contributed by atoms with Gasteiger partial charge in [0.2, 0.25) is 0 Å². The number of aromatic nitrogens is 1. The maximum absolute atomic E-state index is 14.1. The molecule has 27 heavy (non-hydrogen) atoms. The topological polar surface area (TPSA) is 96.5 Å². The van der Waals surface area contributed by atoms with E-state index < -0.39 is 17.8 Å². The monoisotopic (exact) mass is 369 g/mol. The predicted octanol–water partition coefficient (Wildman–Crippen LogP) is 1.49. The van der Waals surface area contributed by atoms with Gasteiger partial charge in [0.15, 0.2) is 5.82 Å². The van der Waals surface area contributed by atoms with Gasteiger partial charge in [-0.2, -0.15) is 0 Å². The van der Waals surface area contributed by atoms with Crippen molar-refractivity contribution in [2.24, 2.45) is 5.73 Å². The molecule has 3 N–H and O–H groups in total. The fraction of sp³-hybridized carbons (Fsp3) is 0.250. The molecule has 1 atom stereocenters. The van der Waals surface area contributed by atoms with Crippen LogP contribution in [0, 0.1) is 25.1 Å². The van der Waals surface area contributed by atoms with Crippen LogP contribution in [0.4, 0.5) is 4.39 Å². The number of rotatable bonds is 2. The summed E-state index contributed by atoms with van der Waals surface area (Å²) in [7, 11) is 1.69. The van der Waals surface area contributed by atoms with Gasteiger partial charge in [0.1, 0.15) is 17.5 Å². The van der Waals surface area contributed by atoms with Crippen LogP contribution in [0.3, 0.4) is 0 Å². The number of hydrogen-bond donors (Lipinski definition) is 2. The van der Waals surface area contributed by atoms with Gasteiger partial charge in [0, 0.05) is 24.7 Å². The molecule has 0 bridgehead atoms. The Kier molecular flexibility index (Phi) is 6.27. The molecule has 2 heterocycles. The highest BCUT2D eigenvalue weighted by Gasteiger charge is 2.26. The van der Waals surface area contributed by atoms with E-state index in [1.807, 2.05) is 0 Å². The van der Waals surface area contributed by atoms with Crippen molar-refractivity contribution in [3.8, 4) is 23.6 Å². The lowest BCUT2D eigenvalue weighted by Gasteiger charge is -2.07. The number of aliphatic hydroxyl groups excluding tert-OH is 1. The lowest BCUT2D eigenvalue weighted by molar-refractivity contribution is -0.133. The Bertz CT molecular complexity index is 909. The number of nitrogens with two attached hydrogens (primary N) is 1. The van der Waals surface area contributed by atoms with E-state index in [9.17, 15) is 14.0 Å². The Balaban J connectivity index is 0.000000273. The van der Waals surface area contributed by atoms with Gasteiger partial charge in [0.25, 0.3) is 11.8 Å². The molecule has 1 aromatic heterocycles. The van der Waals surface area contributed by atoms with E-state index in [0.717, 1.165) is 0 Å². The second kappa shape index (κ2) is 8.43. The molecule has 140 valence electrons. The number of halogens is 1. The molecular formula is C20H20FN3O3. The minimum atomic E-state index is -0.722. The van der Waals surface area contributed by atoms with Crippen molar-refractivity contribution in [3.63, 3.8) is 0 Å². The average molecular weight is 369 g/mol. The fourth-order valence-corrected chi connectivity index (χ4v) is 2.53. The van der Waals surface area contributed by atoms with Gasteiger partial charge in [0.05, 0.1) is 0 Å². The van der Waals surface area contributed by atoms with Crippen molar-refractivity contribution in [3.05, 3.63) is 53.0 Å². The van der Waals surface area contributed by atoms with Crippen LogP contribution in [0.15, 0.2) is 30.3 Å². The third-order valence-corrected chi connectivity index (χ3v) is 4.09. The highest BCUT2D eigenvalue weighted by Crippen LogP contribution is 2.24. The van der Waals surface area contributed by atoms with E-state index in [-0.39, 0.29) is 17.3 Å². The second-order valence-electron chi connectivity index (χ2n) is 6.14. The van der Waals surface area contributed by atoms with Crippen molar-refractivity contribution in [1.82, 2.24) is 9.88 Å². The molecule has 6 nitrogen and oxygen atoms in total. The number of hydrogen-bond acceptors (Lipinski definition) is 4. The number of pyridine rings is 1. The first-order valence-corrected chi connectivity index (χ1v) is 8.21. The van der Waals surface area contributed by atoms with Crippen molar-refractivity contribution in [2.45, 2.75) is 19.4 Å². The van der Waals surface area contributed by atoms with Gasteiger partial charge in [-0.1, -0.05) is 18.1 Å². The highest BCUT2D eigenvalue weighted by atomic mass is 19.1. The number of amides is 2. The average Bonchev–Trinajstić information content (AvgIpc) is 2.95. The van der Waals surface area contributed by atoms with Crippen molar-refractivity contribution in [1.29, 1.82) is 0 Å².